The molecule has 0 aromatic heterocycles. The van der Waals surface area contributed by atoms with E-state index in [1.807, 2.05) is 32.0 Å². The first-order valence-electron chi connectivity index (χ1n) is 8.27. The molecule has 0 radical (unpaired) electrons. The Kier molecular flexibility index (Phi) is 4.64. The predicted molar refractivity (Wildman–Crippen MR) is 102 cm³/mol. The van der Waals surface area contributed by atoms with Crippen molar-refractivity contribution in [2.24, 2.45) is 5.92 Å². The second-order valence-corrected chi connectivity index (χ2v) is 7.66. The molecule has 0 unspecified atom stereocenters. The molecular formula is C20H21BrO4. The van der Waals surface area contributed by atoms with E-state index in [9.17, 15) is 15.0 Å². The van der Waals surface area contributed by atoms with Gasteiger partial charge in [0, 0.05) is 16.5 Å². The number of ether oxygens (including phenoxy) is 1. The van der Waals surface area contributed by atoms with Crippen LogP contribution in [0.3, 0.4) is 0 Å². The molecule has 0 fully saturated rings. The molecule has 0 saturated heterocycles. The number of carbonyl (C=O) groups is 1. The van der Waals surface area contributed by atoms with E-state index in [2.05, 4.69) is 15.9 Å². The summed E-state index contributed by atoms with van der Waals surface area (Å²) in [5.74, 6) is 0.354. The molecule has 1 atom stereocenters. The third kappa shape index (κ3) is 2.85. The van der Waals surface area contributed by atoms with Crippen LogP contribution in [0.2, 0.25) is 0 Å². The highest BCUT2D eigenvalue weighted by atomic mass is 79.9. The Balaban J connectivity index is 2.30. The Labute approximate surface area is 155 Å². The minimum absolute atomic E-state index is 0.0218. The van der Waals surface area contributed by atoms with Crippen LogP contribution < -0.4 is 4.74 Å². The molecule has 1 aliphatic carbocycles. The summed E-state index contributed by atoms with van der Waals surface area (Å²) in [6.45, 7) is 4.09. The molecule has 132 valence electrons. The zero-order valence-corrected chi connectivity index (χ0v) is 16.1. The number of fused-ring (bicyclic) bond motifs is 2. The summed E-state index contributed by atoms with van der Waals surface area (Å²) >= 11 is 3.16. The second-order valence-electron chi connectivity index (χ2n) is 6.86. The van der Waals surface area contributed by atoms with E-state index >= 15 is 0 Å². The first kappa shape index (κ1) is 18.0. The highest BCUT2D eigenvalue weighted by Crippen LogP contribution is 2.45. The molecule has 0 amide bonds. The van der Waals surface area contributed by atoms with E-state index in [4.69, 9.17) is 4.74 Å². The molecule has 2 N–H and O–H groups in total. The lowest BCUT2D eigenvalue weighted by atomic mass is 9.76. The lowest BCUT2D eigenvalue weighted by Gasteiger charge is -2.33. The quantitative estimate of drug-likeness (QED) is 0.776. The van der Waals surface area contributed by atoms with Gasteiger partial charge in [0.2, 0.25) is 5.78 Å². The Morgan fingerprint density at radius 3 is 2.64 bits per heavy atom. The van der Waals surface area contributed by atoms with Crippen molar-refractivity contribution in [3.05, 3.63) is 45.9 Å². The van der Waals surface area contributed by atoms with Crippen molar-refractivity contribution < 1.29 is 19.7 Å². The van der Waals surface area contributed by atoms with Gasteiger partial charge < -0.3 is 14.9 Å². The first-order valence-corrected chi connectivity index (χ1v) is 9.06. The fourth-order valence-corrected chi connectivity index (χ4v) is 3.83. The van der Waals surface area contributed by atoms with Gasteiger partial charge in [-0.15, -0.1) is 0 Å². The van der Waals surface area contributed by atoms with Gasteiger partial charge in [-0.1, -0.05) is 26.0 Å². The Morgan fingerprint density at radius 2 is 2.00 bits per heavy atom. The van der Waals surface area contributed by atoms with Crippen molar-refractivity contribution in [2.45, 2.75) is 32.3 Å². The molecule has 4 nitrogen and oxygen atoms in total. The molecule has 5 heteroatoms. The van der Waals surface area contributed by atoms with Crippen molar-refractivity contribution >= 4 is 38.2 Å². The highest BCUT2D eigenvalue weighted by Gasteiger charge is 2.45. The number of halogens is 1. The second kappa shape index (κ2) is 6.46. The standard InChI is InChI=1S/C20H21BrO4/c1-11(2)7-8-20(24)15-10-13-12(5-4-6-16(13)25-3)9-14(15)18(22)17(21)19(20)23/h4-6,9-11,22,24H,7-8H2,1-3H3/t20-/m1/s1. The lowest BCUT2D eigenvalue weighted by Crippen LogP contribution is -2.40. The SMILES string of the molecule is COc1cccc2cc3c(cc12)[C@](O)(CCC(C)C)C(=O)C(Br)=C3O. The number of aliphatic hydroxyl groups is 2. The van der Waals surface area contributed by atoms with Gasteiger partial charge in [0.25, 0.3) is 0 Å². The van der Waals surface area contributed by atoms with E-state index in [1.165, 1.54) is 0 Å². The Bertz CT molecular complexity index is 885. The van der Waals surface area contributed by atoms with Crippen LogP contribution in [0.1, 0.15) is 37.8 Å². The normalized spacial score (nSPS) is 20.3. The molecule has 2 aromatic carbocycles. The molecular weight excluding hydrogens is 384 g/mol. The van der Waals surface area contributed by atoms with Gasteiger partial charge in [0.1, 0.15) is 16.0 Å². The smallest absolute Gasteiger partial charge is 0.209 e. The summed E-state index contributed by atoms with van der Waals surface area (Å²) in [6, 6.07) is 9.15. The van der Waals surface area contributed by atoms with Crippen LogP contribution in [-0.4, -0.2) is 23.1 Å². The summed E-state index contributed by atoms with van der Waals surface area (Å²) in [6.07, 6.45) is 0.978. The van der Waals surface area contributed by atoms with Crippen LogP contribution in [0.4, 0.5) is 0 Å². The van der Waals surface area contributed by atoms with Crippen LogP contribution in [0, 0.1) is 5.92 Å². The topological polar surface area (TPSA) is 66.8 Å². The number of aliphatic hydroxyl groups excluding tert-OH is 1. The van der Waals surface area contributed by atoms with Crippen LogP contribution in [0.15, 0.2) is 34.8 Å². The van der Waals surface area contributed by atoms with Crippen molar-refractivity contribution in [1.82, 2.24) is 0 Å². The van der Waals surface area contributed by atoms with Crippen LogP contribution in [0.5, 0.6) is 5.75 Å². The zero-order chi connectivity index (χ0) is 18.4. The fraction of sp³-hybridized carbons (Fsp3) is 0.350. The van der Waals surface area contributed by atoms with Gasteiger partial charge in [-0.05, 0) is 58.3 Å². The summed E-state index contributed by atoms with van der Waals surface area (Å²) in [5, 5.41) is 23.4. The summed E-state index contributed by atoms with van der Waals surface area (Å²) in [4.78, 5) is 12.8. The van der Waals surface area contributed by atoms with Crippen LogP contribution in [-0.2, 0) is 10.4 Å². The number of benzene rings is 2. The number of ketones is 1. The number of rotatable bonds is 4. The Hall–Kier alpha value is -1.85. The lowest BCUT2D eigenvalue weighted by molar-refractivity contribution is -0.134. The summed E-state index contributed by atoms with van der Waals surface area (Å²) < 4.78 is 5.43. The third-order valence-corrected chi connectivity index (χ3v) is 5.50. The molecule has 0 heterocycles. The average molecular weight is 405 g/mol. The van der Waals surface area contributed by atoms with E-state index in [0.717, 1.165) is 10.8 Å². The number of hydrogen-bond acceptors (Lipinski definition) is 4. The highest BCUT2D eigenvalue weighted by molar-refractivity contribution is 9.12. The molecule has 1 aliphatic rings. The van der Waals surface area contributed by atoms with Crippen molar-refractivity contribution in [1.29, 1.82) is 0 Å². The minimum atomic E-state index is -1.67. The Morgan fingerprint density at radius 1 is 1.28 bits per heavy atom. The van der Waals surface area contributed by atoms with Crippen molar-refractivity contribution in [3.8, 4) is 5.75 Å². The third-order valence-electron chi connectivity index (χ3n) is 4.77. The van der Waals surface area contributed by atoms with Gasteiger partial charge in [0.15, 0.2) is 5.60 Å². The molecule has 0 aliphatic heterocycles. The maximum absolute atomic E-state index is 12.8. The number of hydrogen-bond donors (Lipinski definition) is 2. The monoisotopic (exact) mass is 404 g/mol. The molecule has 25 heavy (non-hydrogen) atoms. The molecule has 0 saturated carbocycles. The van der Waals surface area contributed by atoms with Crippen LogP contribution >= 0.6 is 15.9 Å². The van der Waals surface area contributed by atoms with Crippen molar-refractivity contribution in [3.63, 3.8) is 0 Å². The minimum Gasteiger partial charge on any atom is -0.506 e. The van der Waals surface area contributed by atoms with Gasteiger partial charge in [-0.2, -0.15) is 0 Å². The fourth-order valence-electron chi connectivity index (χ4n) is 3.29. The average Bonchev–Trinajstić information content (AvgIpc) is 2.61. The van der Waals surface area contributed by atoms with Gasteiger partial charge in [-0.25, -0.2) is 0 Å². The molecule has 0 spiro atoms. The van der Waals surface area contributed by atoms with Crippen molar-refractivity contribution in [2.75, 3.05) is 7.11 Å². The van der Waals surface area contributed by atoms with Gasteiger partial charge in [-0.3, -0.25) is 4.79 Å². The zero-order valence-electron chi connectivity index (χ0n) is 14.5. The summed E-state index contributed by atoms with van der Waals surface area (Å²) in [5.41, 5.74) is -0.769. The summed E-state index contributed by atoms with van der Waals surface area (Å²) in [7, 11) is 1.58. The number of Topliss-reactive ketones (excluding diaryl/α,β-unsaturated/α-hetero) is 1. The van der Waals surface area contributed by atoms with Crippen LogP contribution in [0.25, 0.3) is 16.5 Å². The van der Waals surface area contributed by atoms with E-state index in [1.54, 1.807) is 19.2 Å². The maximum Gasteiger partial charge on any atom is 0.209 e. The molecule has 2 aromatic rings. The largest absolute Gasteiger partial charge is 0.506 e. The van der Waals surface area contributed by atoms with E-state index < -0.39 is 11.4 Å². The van der Waals surface area contributed by atoms with Gasteiger partial charge >= 0.3 is 0 Å². The van der Waals surface area contributed by atoms with Gasteiger partial charge in [0.05, 0.1) is 7.11 Å². The predicted octanol–water partition coefficient (Wildman–Crippen LogP) is 4.68. The number of methoxy groups -OCH3 is 1. The van der Waals surface area contributed by atoms with E-state index in [0.29, 0.717) is 35.6 Å². The molecule has 3 rings (SSSR count). The molecule has 0 bridgehead atoms. The first-order chi connectivity index (χ1) is 11.8. The maximum atomic E-state index is 12.8. The van der Waals surface area contributed by atoms with E-state index in [-0.39, 0.29) is 10.2 Å². The number of carbonyl (C=O) groups excluding carboxylic acids is 1.